The van der Waals surface area contributed by atoms with Crippen LogP contribution in [0.5, 0.6) is 0 Å². The van der Waals surface area contributed by atoms with Crippen molar-refractivity contribution in [2.24, 2.45) is 0 Å². The summed E-state index contributed by atoms with van der Waals surface area (Å²) in [5.41, 5.74) is -0.563. The van der Waals surface area contributed by atoms with Crippen molar-refractivity contribution in [1.29, 1.82) is 0 Å². The molecule has 1 spiro atoms. The maximum Gasteiger partial charge on any atom is 0.248 e. The molecule has 1 aliphatic heterocycles. The van der Waals surface area contributed by atoms with E-state index in [0.717, 1.165) is 0 Å². The van der Waals surface area contributed by atoms with Gasteiger partial charge in [-0.05, 0) is 37.8 Å². The number of amides is 1. The lowest BCUT2D eigenvalue weighted by Gasteiger charge is -2.58. The lowest BCUT2D eigenvalue weighted by molar-refractivity contribution is -0.230. The van der Waals surface area contributed by atoms with Crippen molar-refractivity contribution in [3.05, 3.63) is 12.2 Å². The quantitative estimate of drug-likeness (QED) is 0.467. The van der Waals surface area contributed by atoms with Crippen molar-refractivity contribution in [3.8, 4) is 0 Å². The molecular weight excluding hydrogens is 338 g/mol. The topological polar surface area (TPSA) is 59.0 Å². The molecule has 1 fully saturated rings. The molecule has 0 aromatic heterocycles. The predicted molar refractivity (Wildman–Crippen MR) is 100 cm³/mol. The molecule has 1 heterocycles. The van der Waals surface area contributed by atoms with Crippen molar-refractivity contribution in [3.63, 3.8) is 0 Å². The SMILES string of the molecule is CC(C)(C)[Si](C)(C)ON1C(=O)CC12C=CC(O)CC2O[Si](C)(C)C. The first-order valence-electron chi connectivity index (χ1n) is 8.75. The Bertz CT molecular complexity index is 536. The zero-order valence-electron chi connectivity index (χ0n) is 16.3. The molecule has 1 aliphatic carbocycles. The van der Waals surface area contributed by atoms with Crippen LogP contribution in [0.4, 0.5) is 0 Å². The van der Waals surface area contributed by atoms with Crippen molar-refractivity contribution >= 4 is 22.5 Å². The third-order valence-electron chi connectivity index (χ3n) is 5.28. The number of aliphatic hydroxyl groups is 1. The van der Waals surface area contributed by atoms with Crippen LogP contribution in [0.25, 0.3) is 0 Å². The van der Waals surface area contributed by atoms with Gasteiger partial charge < -0.3 is 14.1 Å². The first-order chi connectivity index (χ1) is 10.7. The second kappa shape index (κ2) is 6.05. The van der Waals surface area contributed by atoms with Gasteiger partial charge in [0.25, 0.3) is 0 Å². The van der Waals surface area contributed by atoms with Crippen LogP contribution in [0.15, 0.2) is 12.2 Å². The second-order valence-corrected chi connectivity index (χ2v) is 18.8. The van der Waals surface area contributed by atoms with E-state index in [4.69, 9.17) is 8.95 Å². The van der Waals surface area contributed by atoms with Crippen molar-refractivity contribution in [2.45, 2.75) is 89.1 Å². The summed E-state index contributed by atoms with van der Waals surface area (Å²) in [5.74, 6) is 0.00467. The average molecular weight is 372 g/mol. The lowest BCUT2D eigenvalue weighted by atomic mass is 9.75. The molecule has 0 aromatic rings. The summed E-state index contributed by atoms with van der Waals surface area (Å²) in [5, 5.41) is 11.6. The van der Waals surface area contributed by atoms with Crippen LogP contribution in [-0.4, -0.2) is 50.5 Å². The van der Waals surface area contributed by atoms with Crippen molar-refractivity contribution < 1.29 is 18.9 Å². The maximum absolute atomic E-state index is 12.4. The summed E-state index contributed by atoms with van der Waals surface area (Å²) in [6.07, 6.45) is 3.86. The standard InChI is InChI=1S/C17H33NO4Si2/c1-16(2,3)24(7,8)22-18-15(20)12-17(18)10-9-13(19)11-14(17)21-23(4,5)6/h9-10,13-14,19H,11-12H2,1-8H3. The summed E-state index contributed by atoms with van der Waals surface area (Å²) in [7, 11) is -3.95. The highest BCUT2D eigenvalue weighted by Gasteiger charge is 2.60. The molecule has 2 rings (SSSR count). The molecular formula is C17H33NO4Si2. The van der Waals surface area contributed by atoms with E-state index in [1.165, 1.54) is 0 Å². The molecule has 7 heteroatoms. The van der Waals surface area contributed by atoms with Gasteiger partial charge in [0, 0.05) is 6.42 Å². The van der Waals surface area contributed by atoms with E-state index in [2.05, 4.69) is 53.5 Å². The third kappa shape index (κ3) is 3.70. The molecule has 0 bridgehead atoms. The molecule has 24 heavy (non-hydrogen) atoms. The van der Waals surface area contributed by atoms with Gasteiger partial charge >= 0.3 is 0 Å². The Morgan fingerprint density at radius 3 is 2.29 bits per heavy atom. The molecule has 1 amide bonds. The van der Waals surface area contributed by atoms with Gasteiger partial charge in [-0.15, -0.1) is 0 Å². The smallest absolute Gasteiger partial charge is 0.248 e. The number of carbonyl (C=O) groups excluding carboxylic acids is 1. The Balaban J connectivity index is 2.31. The molecule has 3 atom stereocenters. The second-order valence-electron chi connectivity index (χ2n) is 9.59. The number of aliphatic hydroxyl groups excluding tert-OH is 1. The van der Waals surface area contributed by atoms with E-state index in [1.54, 1.807) is 11.1 Å². The van der Waals surface area contributed by atoms with Gasteiger partial charge in [0.15, 0.2) is 8.32 Å². The highest BCUT2D eigenvalue weighted by atomic mass is 28.4. The maximum atomic E-state index is 12.4. The molecule has 0 saturated carbocycles. The normalized spacial score (nSPS) is 31.5. The minimum atomic E-state index is -2.13. The van der Waals surface area contributed by atoms with Gasteiger partial charge in [0.1, 0.15) is 5.54 Å². The minimum absolute atomic E-state index is 0.00467. The lowest BCUT2D eigenvalue weighted by Crippen LogP contribution is -2.72. The zero-order chi connectivity index (χ0) is 18.6. The van der Waals surface area contributed by atoms with Gasteiger partial charge in [-0.2, -0.15) is 0 Å². The van der Waals surface area contributed by atoms with Crippen LogP contribution in [0.2, 0.25) is 37.8 Å². The van der Waals surface area contributed by atoms with Gasteiger partial charge in [0.2, 0.25) is 14.2 Å². The molecule has 1 N–H and O–H groups in total. The van der Waals surface area contributed by atoms with Gasteiger partial charge in [-0.1, -0.05) is 32.9 Å². The van der Waals surface area contributed by atoms with Crippen molar-refractivity contribution in [1.82, 2.24) is 5.06 Å². The van der Waals surface area contributed by atoms with Crippen molar-refractivity contribution in [2.75, 3.05) is 0 Å². The number of nitrogens with zero attached hydrogens (tertiary/aromatic N) is 1. The Labute approximate surface area is 148 Å². The number of hydrogen-bond acceptors (Lipinski definition) is 4. The molecule has 3 unspecified atom stereocenters. The number of hydrogen-bond donors (Lipinski definition) is 1. The molecule has 0 aromatic carbocycles. The van der Waals surface area contributed by atoms with E-state index in [9.17, 15) is 9.90 Å². The first-order valence-corrected chi connectivity index (χ1v) is 15.1. The third-order valence-corrected chi connectivity index (χ3v) is 10.5. The van der Waals surface area contributed by atoms with E-state index >= 15 is 0 Å². The van der Waals surface area contributed by atoms with Gasteiger partial charge in [-0.25, -0.2) is 5.06 Å². The fourth-order valence-electron chi connectivity index (χ4n) is 2.86. The van der Waals surface area contributed by atoms with Crippen LogP contribution in [-0.2, 0) is 13.7 Å². The van der Waals surface area contributed by atoms with Crippen LogP contribution in [0.1, 0.15) is 33.6 Å². The highest BCUT2D eigenvalue weighted by Crippen LogP contribution is 2.47. The predicted octanol–water partition coefficient (Wildman–Crippen LogP) is 3.44. The van der Waals surface area contributed by atoms with E-state index in [1.807, 2.05) is 6.08 Å². The molecule has 5 nitrogen and oxygen atoms in total. The summed E-state index contributed by atoms with van der Waals surface area (Å²) in [4.78, 5) is 12.4. The van der Waals surface area contributed by atoms with Gasteiger partial charge in [-0.3, -0.25) is 4.79 Å². The van der Waals surface area contributed by atoms with E-state index < -0.39 is 28.3 Å². The number of hydroxylamine groups is 2. The Kier molecular flexibility index (Phi) is 5.00. The Hall–Kier alpha value is -0.476. The van der Waals surface area contributed by atoms with Crippen LogP contribution in [0, 0.1) is 0 Å². The van der Waals surface area contributed by atoms with Crippen LogP contribution in [0.3, 0.4) is 0 Å². The summed E-state index contributed by atoms with van der Waals surface area (Å²) < 4.78 is 12.7. The molecule has 0 radical (unpaired) electrons. The molecule has 1 saturated heterocycles. The first kappa shape index (κ1) is 19.8. The Morgan fingerprint density at radius 2 is 1.83 bits per heavy atom. The summed E-state index contributed by atoms with van der Waals surface area (Å²) in [6, 6.07) is 0. The molecule has 2 aliphatic rings. The fourth-order valence-corrected chi connectivity index (χ4v) is 5.02. The van der Waals surface area contributed by atoms with Gasteiger partial charge in [0.05, 0.1) is 18.6 Å². The number of rotatable bonds is 4. The Morgan fingerprint density at radius 1 is 1.25 bits per heavy atom. The number of β-lactam (4-membered cyclic amide) rings is 1. The number of carbonyl (C=O) groups is 1. The monoisotopic (exact) mass is 371 g/mol. The van der Waals surface area contributed by atoms with Crippen LogP contribution < -0.4 is 0 Å². The summed E-state index contributed by atoms with van der Waals surface area (Å²) in [6.45, 7) is 17.1. The summed E-state index contributed by atoms with van der Waals surface area (Å²) >= 11 is 0. The minimum Gasteiger partial charge on any atom is -0.412 e. The average Bonchev–Trinajstić information content (AvgIpc) is 2.36. The molecule has 138 valence electrons. The fraction of sp³-hybridized carbons (Fsp3) is 0.824. The zero-order valence-corrected chi connectivity index (χ0v) is 18.3. The highest BCUT2D eigenvalue weighted by molar-refractivity contribution is 6.74. The van der Waals surface area contributed by atoms with E-state index in [0.29, 0.717) is 12.8 Å². The largest absolute Gasteiger partial charge is 0.412 e. The van der Waals surface area contributed by atoms with E-state index in [-0.39, 0.29) is 17.0 Å². The van der Waals surface area contributed by atoms with Crippen LogP contribution >= 0.6 is 0 Å².